The van der Waals surface area contributed by atoms with Crippen molar-refractivity contribution in [2.75, 3.05) is 13.2 Å². The second-order valence-corrected chi connectivity index (χ2v) is 4.74. The van der Waals surface area contributed by atoms with Gasteiger partial charge in [-0.15, -0.1) is 0 Å². The Morgan fingerprint density at radius 3 is 3.05 bits per heavy atom. The molecule has 5 heteroatoms. The maximum atomic E-state index is 8.75. The van der Waals surface area contributed by atoms with Crippen molar-refractivity contribution >= 4 is 5.84 Å². The van der Waals surface area contributed by atoms with Crippen molar-refractivity contribution in [1.82, 2.24) is 5.32 Å². The fraction of sp³-hybridized carbons (Fsp3) is 0.500. The van der Waals surface area contributed by atoms with Crippen molar-refractivity contribution in [2.24, 2.45) is 10.9 Å². The van der Waals surface area contributed by atoms with Crippen LogP contribution in [-0.4, -0.2) is 30.3 Å². The first-order valence-corrected chi connectivity index (χ1v) is 6.69. The fourth-order valence-corrected chi connectivity index (χ4v) is 2.34. The minimum atomic E-state index is 0.150. The summed E-state index contributed by atoms with van der Waals surface area (Å²) >= 11 is 0. The van der Waals surface area contributed by atoms with Crippen LogP contribution in [0.5, 0.6) is 0 Å². The molecule has 0 aromatic heterocycles. The predicted molar refractivity (Wildman–Crippen MR) is 74.3 cm³/mol. The molecule has 1 fully saturated rings. The molecule has 5 nitrogen and oxygen atoms in total. The van der Waals surface area contributed by atoms with Crippen molar-refractivity contribution in [3.63, 3.8) is 0 Å². The summed E-state index contributed by atoms with van der Waals surface area (Å²) in [7, 11) is 0. The van der Waals surface area contributed by atoms with Gasteiger partial charge in [0, 0.05) is 18.7 Å². The van der Waals surface area contributed by atoms with Gasteiger partial charge in [-0.25, -0.2) is 0 Å². The van der Waals surface area contributed by atoms with E-state index in [1.807, 2.05) is 24.3 Å². The van der Waals surface area contributed by atoms with Gasteiger partial charge in [-0.3, -0.25) is 0 Å². The third-order valence-corrected chi connectivity index (χ3v) is 3.38. The smallest absolute Gasteiger partial charge is 0.170 e. The number of hydrogen-bond acceptors (Lipinski definition) is 4. The van der Waals surface area contributed by atoms with E-state index in [4.69, 9.17) is 15.7 Å². The van der Waals surface area contributed by atoms with Gasteiger partial charge >= 0.3 is 0 Å². The maximum Gasteiger partial charge on any atom is 0.170 e. The molecule has 104 valence electrons. The summed E-state index contributed by atoms with van der Waals surface area (Å²) < 4.78 is 5.57. The average molecular weight is 263 g/mol. The van der Waals surface area contributed by atoms with Crippen molar-refractivity contribution in [2.45, 2.75) is 31.9 Å². The summed E-state index contributed by atoms with van der Waals surface area (Å²) in [5.74, 6) is 0.150. The molecule has 1 aromatic rings. The van der Waals surface area contributed by atoms with Gasteiger partial charge in [0.1, 0.15) is 0 Å². The molecule has 1 saturated heterocycles. The Morgan fingerprint density at radius 2 is 2.32 bits per heavy atom. The highest BCUT2D eigenvalue weighted by molar-refractivity contribution is 5.98. The number of amidine groups is 1. The van der Waals surface area contributed by atoms with E-state index in [2.05, 4.69) is 10.5 Å². The predicted octanol–water partition coefficient (Wildman–Crippen LogP) is 1.44. The number of hydrogen-bond donors (Lipinski definition) is 3. The summed E-state index contributed by atoms with van der Waals surface area (Å²) in [6.45, 7) is 2.52. The van der Waals surface area contributed by atoms with Crippen LogP contribution in [0.25, 0.3) is 0 Å². The van der Waals surface area contributed by atoms with Gasteiger partial charge in [0.25, 0.3) is 0 Å². The number of nitrogens with two attached hydrogens (primary N) is 1. The van der Waals surface area contributed by atoms with E-state index < -0.39 is 0 Å². The Hall–Kier alpha value is -1.59. The van der Waals surface area contributed by atoms with Gasteiger partial charge in [-0.05, 0) is 31.4 Å². The van der Waals surface area contributed by atoms with Crippen LogP contribution in [0.2, 0.25) is 0 Å². The summed E-state index contributed by atoms with van der Waals surface area (Å²) in [6.07, 6.45) is 3.79. The molecule has 0 aliphatic carbocycles. The number of ether oxygens (including phenoxy) is 1. The van der Waals surface area contributed by atoms with Crippen LogP contribution in [-0.2, 0) is 11.3 Å². The maximum absolute atomic E-state index is 8.75. The lowest BCUT2D eigenvalue weighted by atomic mass is 10.1. The van der Waals surface area contributed by atoms with Crippen LogP contribution in [0, 0.1) is 0 Å². The Morgan fingerprint density at radius 1 is 1.47 bits per heavy atom. The van der Waals surface area contributed by atoms with E-state index in [1.54, 1.807) is 0 Å². The van der Waals surface area contributed by atoms with E-state index >= 15 is 0 Å². The summed E-state index contributed by atoms with van der Waals surface area (Å²) in [6, 6.07) is 7.66. The van der Waals surface area contributed by atoms with Crippen LogP contribution in [0.1, 0.15) is 30.4 Å². The SMILES string of the molecule is NC(=NO)c1ccccc1CNCCC1CCCO1. The van der Waals surface area contributed by atoms with Crippen molar-refractivity contribution in [1.29, 1.82) is 0 Å². The Labute approximate surface area is 113 Å². The lowest BCUT2D eigenvalue weighted by Gasteiger charge is -2.12. The minimum Gasteiger partial charge on any atom is -0.409 e. The lowest BCUT2D eigenvalue weighted by molar-refractivity contribution is 0.104. The van der Waals surface area contributed by atoms with E-state index in [-0.39, 0.29) is 5.84 Å². The Balaban J connectivity index is 1.82. The number of benzene rings is 1. The van der Waals surface area contributed by atoms with Gasteiger partial charge in [0.05, 0.1) is 6.10 Å². The first kappa shape index (κ1) is 13.8. The highest BCUT2D eigenvalue weighted by atomic mass is 16.5. The molecule has 19 heavy (non-hydrogen) atoms. The average Bonchev–Trinajstić information content (AvgIpc) is 2.96. The molecule has 1 aromatic carbocycles. The van der Waals surface area contributed by atoms with Crippen LogP contribution in [0.4, 0.5) is 0 Å². The van der Waals surface area contributed by atoms with Gasteiger partial charge in [-0.1, -0.05) is 29.4 Å². The third-order valence-electron chi connectivity index (χ3n) is 3.38. The van der Waals surface area contributed by atoms with Crippen LogP contribution in [0.15, 0.2) is 29.4 Å². The molecule has 2 rings (SSSR count). The normalized spacial score (nSPS) is 19.8. The lowest BCUT2D eigenvalue weighted by Crippen LogP contribution is -2.22. The largest absolute Gasteiger partial charge is 0.409 e. The molecule has 0 amide bonds. The summed E-state index contributed by atoms with van der Waals surface area (Å²) in [5, 5.41) is 15.2. The molecule has 0 bridgehead atoms. The van der Waals surface area contributed by atoms with Crippen molar-refractivity contribution < 1.29 is 9.94 Å². The third kappa shape index (κ3) is 3.94. The standard InChI is InChI=1S/C14H21N3O2/c15-14(17-18)13-6-2-1-4-11(13)10-16-8-7-12-5-3-9-19-12/h1-2,4,6,12,16,18H,3,5,7-10H2,(H2,15,17). The number of nitrogens with zero attached hydrogens (tertiary/aromatic N) is 1. The number of nitrogens with one attached hydrogen (secondary N) is 1. The van der Waals surface area contributed by atoms with Crippen LogP contribution < -0.4 is 11.1 Å². The van der Waals surface area contributed by atoms with Crippen molar-refractivity contribution in [3.8, 4) is 0 Å². The molecule has 1 atom stereocenters. The molecule has 1 aliphatic rings. The quantitative estimate of drug-likeness (QED) is 0.238. The van der Waals surface area contributed by atoms with Crippen LogP contribution >= 0.6 is 0 Å². The van der Waals surface area contributed by atoms with E-state index in [1.165, 1.54) is 12.8 Å². The minimum absolute atomic E-state index is 0.150. The summed E-state index contributed by atoms with van der Waals surface area (Å²) in [5.41, 5.74) is 7.46. The molecule has 4 N–H and O–H groups in total. The van der Waals surface area contributed by atoms with E-state index in [0.717, 1.165) is 30.7 Å². The van der Waals surface area contributed by atoms with Gasteiger partial charge in [0.2, 0.25) is 0 Å². The Bertz CT molecular complexity index is 428. The highest BCUT2D eigenvalue weighted by Crippen LogP contribution is 2.14. The van der Waals surface area contributed by atoms with Gasteiger partial charge in [0.15, 0.2) is 5.84 Å². The van der Waals surface area contributed by atoms with E-state index in [9.17, 15) is 0 Å². The molecule has 1 aliphatic heterocycles. The second kappa shape index (κ2) is 7.11. The molecular weight excluding hydrogens is 242 g/mol. The first-order chi connectivity index (χ1) is 9.31. The monoisotopic (exact) mass is 263 g/mol. The second-order valence-electron chi connectivity index (χ2n) is 4.74. The van der Waals surface area contributed by atoms with E-state index in [0.29, 0.717) is 12.6 Å². The molecular formula is C14H21N3O2. The topological polar surface area (TPSA) is 79.9 Å². The zero-order valence-corrected chi connectivity index (χ0v) is 11.0. The fourth-order valence-electron chi connectivity index (χ4n) is 2.34. The van der Waals surface area contributed by atoms with Crippen LogP contribution in [0.3, 0.4) is 0 Å². The first-order valence-electron chi connectivity index (χ1n) is 6.69. The molecule has 1 unspecified atom stereocenters. The molecule has 0 radical (unpaired) electrons. The molecule has 0 spiro atoms. The van der Waals surface area contributed by atoms with Crippen molar-refractivity contribution in [3.05, 3.63) is 35.4 Å². The number of oxime groups is 1. The van der Waals surface area contributed by atoms with Gasteiger partial charge < -0.3 is 21.0 Å². The zero-order chi connectivity index (χ0) is 13.5. The summed E-state index contributed by atoms with van der Waals surface area (Å²) in [4.78, 5) is 0. The molecule has 0 saturated carbocycles. The number of rotatable bonds is 6. The molecule has 1 heterocycles. The Kier molecular flexibility index (Phi) is 5.18. The highest BCUT2D eigenvalue weighted by Gasteiger charge is 2.14. The zero-order valence-electron chi connectivity index (χ0n) is 11.0. The van der Waals surface area contributed by atoms with Gasteiger partial charge in [-0.2, -0.15) is 0 Å².